The van der Waals surface area contributed by atoms with Crippen LogP contribution in [-0.4, -0.2) is 12.3 Å². The molecule has 1 nitrogen and oxygen atoms in total. The lowest BCUT2D eigenvalue weighted by Gasteiger charge is -2.24. The Kier molecular flexibility index (Phi) is 3.47. The molecule has 1 aliphatic heterocycles. The van der Waals surface area contributed by atoms with E-state index in [0.29, 0.717) is 5.37 Å². The molecule has 2 rings (SSSR count). The van der Waals surface area contributed by atoms with E-state index in [1.165, 1.54) is 24.3 Å². The number of hydrogen-bond donors (Lipinski definition) is 1. The predicted octanol–water partition coefficient (Wildman–Crippen LogP) is 3.31. The van der Waals surface area contributed by atoms with E-state index in [1.54, 1.807) is 0 Å². The molecule has 1 aliphatic rings. The van der Waals surface area contributed by atoms with Crippen molar-refractivity contribution < 1.29 is 4.39 Å². The second-order valence-electron chi connectivity index (χ2n) is 3.22. The number of nitrogens with one attached hydrogen (secondary N) is 1. The first-order valence-corrected chi connectivity index (χ1v) is 6.41. The van der Waals surface area contributed by atoms with Gasteiger partial charge in [-0.05, 0) is 36.4 Å². The Bertz CT molecular complexity index is 326. The molecule has 1 heterocycles. The summed E-state index contributed by atoms with van der Waals surface area (Å²) in [7, 11) is 0. The van der Waals surface area contributed by atoms with Crippen molar-refractivity contribution >= 4 is 27.7 Å². The fourth-order valence-corrected chi connectivity index (χ4v) is 3.38. The van der Waals surface area contributed by atoms with Crippen molar-refractivity contribution in [2.24, 2.45) is 0 Å². The van der Waals surface area contributed by atoms with Crippen LogP contribution in [0.5, 0.6) is 0 Å². The van der Waals surface area contributed by atoms with Gasteiger partial charge in [0.1, 0.15) is 5.82 Å². The zero-order valence-corrected chi connectivity index (χ0v) is 10.00. The van der Waals surface area contributed by atoms with Crippen LogP contribution in [0, 0.1) is 5.82 Å². The fourth-order valence-electron chi connectivity index (χ4n) is 1.48. The molecule has 76 valence electrons. The lowest BCUT2D eigenvalue weighted by atomic mass is 10.2. The highest BCUT2D eigenvalue weighted by molar-refractivity contribution is 9.10. The van der Waals surface area contributed by atoms with Gasteiger partial charge < -0.3 is 5.32 Å². The normalized spacial score (nSPS) is 22.3. The third kappa shape index (κ3) is 2.30. The highest BCUT2D eigenvalue weighted by Gasteiger charge is 2.17. The molecule has 1 unspecified atom stereocenters. The SMILES string of the molecule is Fc1ccc(C2NCCCS2)c(Br)c1. The summed E-state index contributed by atoms with van der Waals surface area (Å²) in [4.78, 5) is 0. The van der Waals surface area contributed by atoms with Gasteiger partial charge >= 0.3 is 0 Å². The van der Waals surface area contributed by atoms with E-state index in [4.69, 9.17) is 0 Å². The summed E-state index contributed by atoms with van der Waals surface area (Å²) in [5, 5.41) is 3.71. The highest BCUT2D eigenvalue weighted by Crippen LogP contribution is 2.34. The number of halogens is 2. The second kappa shape index (κ2) is 4.64. The predicted molar refractivity (Wildman–Crippen MR) is 61.9 cm³/mol. The van der Waals surface area contributed by atoms with Crippen molar-refractivity contribution in [3.8, 4) is 0 Å². The van der Waals surface area contributed by atoms with Crippen LogP contribution < -0.4 is 5.32 Å². The highest BCUT2D eigenvalue weighted by atomic mass is 79.9. The van der Waals surface area contributed by atoms with Crippen LogP contribution in [-0.2, 0) is 0 Å². The van der Waals surface area contributed by atoms with Gasteiger partial charge in [0.05, 0.1) is 5.37 Å². The summed E-state index contributed by atoms with van der Waals surface area (Å²) in [6, 6.07) is 4.87. The minimum atomic E-state index is -0.193. The second-order valence-corrected chi connectivity index (χ2v) is 5.29. The van der Waals surface area contributed by atoms with E-state index in [0.717, 1.165) is 16.6 Å². The smallest absolute Gasteiger partial charge is 0.124 e. The Morgan fingerprint density at radius 2 is 2.36 bits per heavy atom. The van der Waals surface area contributed by atoms with Crippen molar-refractivity contribution in [1.82, 2.24) is 5.32 Å². The van der Waals surface area contributed by atoms with E-state index in [1.807, 2.05) is 17.8 Å². The van der Waals surface area contributed by atoms with Crippen LogP contribution in [0.2, 0.25) is 0 Å². The van der Waals surface area contributed by atoms with E-state index in [2.05, 4.69) is 21.2 Å². The first-order chi connectivity index (χ1) is 6.77. The molecule has 14 heavy (non-hydrogen) atoms. The summed E-state index contributed by atoms with van der Waals surface area (Å²) in [5.41, 5.74) is 1.14. The summed E-state index contributed by atoms with van der Waals surface area (Å²) in [6.45, 7) is 1.04. The monoisotopic (exact) mass is 275 g/mol. The molecule has 1 aromatic rings. The molecule has 0 aliphatic carbocycles. The van der Waals surface area contributed by atoms with Gasteiger partial charge in [-0.3, -0.25) is 0 Å². The molecule has 1 atom stereocenters. The lowest BCUT2D eigenvalue weighted by molar-refractivity contribution is 0.618. The van der Waals surface area contributed by atoms with E-state index < -0.39 is 0 Å². The van der Waals surface area contributed by atoms with Crippen LogP contribution in [0.4, 0.5) is 4.39 Å². The minimum Gasteiger partial charge on any atom is -0.302 e. The number of thioether (sulfide) groups is 1. The Balaban J connectivity index is 2.22. The van der Waals surface area contributed by atoms with Crippen molar-refractivity contribution in [1.29, 1.82) is 0 Å². The quantitative estimate of drug-likeness (QED) is 0.844. The molecule has 0 aromatic heterocycles. The molecule has 1 N–H and O–H groups in total. The van der Waals surface area contributed by atoms with E-state index >= 15 is 0 Å². The molecule has 0 saturated carbocycles. The Labute approximate surface area is 95.6 Å². The zero-order chi connectivity index (χ0) is 9.97. The van der Waals surface area contributed by atoms with Crippen molar-refractivity contribution in [2.75, 3.05) is 12.3 Å². The fraction of sp³-hybridized carbons (Fsp3) is 0.400. The Morgan fingerprint density at radius 1 is 1.50 bits per heavy atom. The maximum atomic E-state index is 12.9. The third-order valence-corrected chi connectivity index (χ3v) is 4.15. The van der Waals surface area contributed by atoms with E-state index in [-0.39, 0.29) is 5.82 Å². The molecule has 1 fully saturated rings. The van der Waals surface area contributed by atoms with Gasteiger partial charge in [-0.15, -0.1) is 11.8 Å². The Morgan fingerprint density at radius 3 is 3.00 bits per heavy atom. The van der Waals surface area contributed by atoms with Crippen LogP contribution in [0.1, 0.15) is 17.4 Å². The maximum Gasteiger partial charge on any atom is 0.124 e. The average molecular weight is 276 g/mol. The van der Waals surface area contributed by atoms with Crippen molar-refractivity contribution in [3.05, 3.63) is 34.1 Å². The molecule has 4 heteroatoms. The summed E-state index contributed by atoms with van der Waals surface area (Å²) >= 11 is 5.26. The third-order valence-electron chi connectivity index (χ3n) is 2.18. The molecule has 0 radical (unpaired) electrons. The van der Waals surface area contributed by atoms with E-state index in [9.17, 15) is 4.39 Å². The average Bonchev–Trinajstić information content (AvgIpc) is 2.19. The van der Waals surface area contributed by atoms with Gasteiger partial charge in [-0.1, -0.05) is 22.0 Å². The zero-order valence-electron chi connectivity index (χ0n) is 7.59. The molecule has 1 aromatic carbocycles. The van der Waals surface area contributed by atoms with Gasteiger partial charge in [0, 0.05) is 4.47 Å². The molecule has 1 saturated heterocycles. The van der Waals surface area contributed by atoms with Gasteiger partial charge in [-0.2, -0.15) is 0 Å². The van der Waals surface area contributed by atoms with Crippen LogP contribution >= 0.6 is 27.7 Å². The summed E-state index contributed by atoms with van der Waals surface area (Å²) in [6.07, 6.45) is 1.21. The topological polar surface area (TPSA) is 12.0 Å². The van der Waals surface area contributed by atoms with Crippen molar-refractivity contribution in [2.45, 2.75) is 11.8 Å². The number of rotatable bonds is 1. The standard InChI is InChI=1S/C10H11BrFNS/c11-9-6-7(12)2-3-8(9)10-13-4-1-5-14-10/h2-3,6,10,13H,1,4-5H2. The van der Waals surface area contributed by atoms with Crippen LogP contribution in [0.25, 0.3) is 0 Å². The lowest BCUT2D eigenvalue weighted by Crippen LogP contribution is -2.25. The van der Waals surface area contributed by atoms with Gasteiger partial charge in [0.15, 0.2) is 0 Å². The first-order valence-electron chi connectivity index (χ1n) is 4.57. The van der Waals surface area contributed by atoms with Gasteiger partial charge in [0.2, 0.25) is 0 Å². The van der Waals surface area contributed by atoms with Crippen LogP contribution in [0.15, 0.2) is 22.7 Å². The van der Waals surface area contributed by atoms with Gasteiger partial charge in [0.25, 0.3) is 0 Å². The summed E-state index contributed by atoms with van der Waals surface area (Å²) < 4.78 is 13.7. The number of hydrogen-bond acceptors (Lipinski definition) is 2. The van der Waals surface area contributed by atoms with Gasteiger partial charge in [-0.25, -0.2) is 4.39 Å². The first kappa shape index (κ1) is 10.5. The molecular formula is C10H11BrFNS. The molecule has 0 amide bonds. The Hall–Kier alpha value is -0.0600. The van der Waals surface area contributed by atoms with Crippen molar-refractivity contribution in [3.63, 3.8) is 0 Å². The largest absolute Gasteiger partial charge is 0.302 e. The number of benzene rings is 1. The summed E-state index contributed by atoms with van der Waals surface area (Å²) in [5.74, 6) is 0.975. The minimum absolute atomic E-state index is 0.193. The maximum absolute atomic E-state index is 12.9. The molecule has 0 bridgehead atoms. The molecular weight excluding hydrogens is 265 g/mol. The van der Waals surface area contributed by atoms with Crippen LogP contribution in [0.3, 0.4) is 0 Å². The molecule has 0 spiro atoms.